The summed E-state index contributed by atoms with van der Waals surface area (Å²) in [5.41, 5.74) is 1.78. The summed E-state index contributed by atoms with van der Waals surface area (Å²) >= 11 is 5.93. The monoisotopic (exact) mass is 316 g/mol. The fourth-order valence-electron chi connectivity index (χ4n) is 2.48. The van der Waals surface area contributed by atoms with Crippen molar-refractivity contribution in [2.24, 2.45) is 0 Å². The summed E-state index contributed by atoms with van der Waals surface area (Å²) in [6.45, 7) is 2.53. The Morgan fingerprint density at radius 1 is 1.30 bits per heavy atom. The number of hydrogen-bond donors (Lipinski definition) is 0. The summed E-state index contributed by atoms with van der Waals surface area (Å²) in [6.07, 6.45) is 2.77. The molecular formula is C14H21ClN2O2S. The molecule has 1 aromatic carbocycles. The summed E-state index contributed by atoms with van der Waals surface area (Å²) < 4.78 is 28.4. The molecule has 4 nitrogen and oxygen atoms in total. The van der Waals surface area contributed by atoms with Gasteiger partial charge in [-0.1, -0.05) is 24.1 Å². The van der Waals surface area contributed by atoms with Crippen LogP contribution in [-0.2, 0) is 10.2 Å². The largest absolute Gasteiger partial charge is 0.304 e. The highest BCUT2D eigenvalue weighted by molar-refractivity contribution is 7.90. The molecule has 1 atom stereocenters. The molecule has 0 aromatic heterocycles. The van der Waals surface area contributed by atoms with Gasteiger partial charge >= 0.3 is 10.2 Å². The van der Waals surface area contributed by atoms with Gasteiger partial charge in [-0.05, 0) is 31.9 Å². The maximum Gasteiger partial charge on any atom is 0.304 e. The van der Waals surface area contributed by atoms with Crippen LogP contribution in [0.2, 0.25) is 0 Å². The van der Waals surface area contributed by atoms with E-state index in [0.29, 0.717) is 18.1 Å². The highest BCUT2D eigenvalue weighted by Gasteiger charge is 2.34. The van der Waals surface area contributed by atoms with Gasteiger partial charge in [0.25, 0.3) is 0 Å². The molecule has 1 fully saturated rings. The first kappa shape index (κ1) is 15.6. The third-order valence-electron chi connectivity index (χ3n) is 3.79. The Labute approximate surface area is 126 Å². The van der Waals surface area contributed by atoms with Crippen molar-refractivity contribution in [3.63, 3.8) is 0 Å². The topological polar surface area (TPSA) is 40.6 Å². The van der Waals surface area contributed by atoms with Gasteiger partial charge in [0.1, 0.15) is 0 Å². The lowest BCUT2D eigenvalue weighted by Crippen LogP contribution is -2.50. The zero-order chi connectivity index (χ0) is 14.8. The Balaban J connectivity index is 2.26. The highest BCUT2D eigenvalue weighted by atomic mass is 35.5. The van der Waals surface area contributed by atoms with Crippen LogP contribution in [0.25, 0.3) is 0 Å². The molecule has 0 bridgehead atoms. The molecule has 112 valence electrons. The quantitative estimate of drug-likeness (QED) is 0.801. The van der Waals surface area contributed by atoms with Gasteiger partial charge in [0.05, 0.1) is 5.69 Å². The first-order valence-electron chi connectivity index (χ1n) is 6.85. The third kappa shape index (κ3) is 3.10. The van der Waals surface area contributed by atoms with Gasteiger partial charge < -0.3 is 0 Å². The first-order valence-corrected chi connectivity index (χ1v) is 8.78. The van der Waals surface area contributed by atoms with Gasteiger partial charge in [0, 0.05) is 25.5 Å². The van der Waals surface area contributed by atoms with Crippen LogP contribution in [0.4, 0.5) is 5.69 Å². The van der Waals surface area contributed by atoms with Crippen molar-refractivity contribution in [1.82, 2.24) is 4.31 Å². The van der Waals surface area contributed by atoms with Crippen molar-refractivity contribution in [3.8, 4) is 0 Å². The molecule has 6 heteroatoms. The average molecular weight is 317 g/mol. The van der Waals surface area contributed by atoms with Crippen molar-refractivity contribution >= 4 is 27.5 Å². The van der Waals surface area contributed by atoms with Crippen molar-refractivity contribution < 1.29 is 8.42 Å². The predicted octanol–water partition coefficient (Wildman–Crippen LogP) is 2.77. The van der Waals surface area contributed by atoms with Crippen molar-refractivity contribution in [3.05, 3.63) is 29.8 Å². The summed E-state index contributed by atoms with van der Waals surface area (Å²) in [6, 6.07) is 7.38. The lowest BCUT2D eigenvalue weighted by Gasteiger charge is -2.36. The molecule has 1 saturated heterocycles. The molecule has 1 unspecified atom stereocenters. The summed E-state index contributed by atoms with van der Waals surface area (Å²) in [5.74, 6) is 0.348. The van der Waals surface area contributed by atoms with E-state index < -0.39 is 10.2 Å². The normalized spacial score (nSPS) is 20.9. The maximum atomic E-state index is 12.7. The molecule has 0 amide bonds. The van der Waals surface area contributed by atoms with Crippen LogP contribution in [-0.4, -0.2) is 38.2 Å². The lowest BCUT2D eigenvalue weighted by molar-refractivity contribution is 0.271. The molecule has 0 saturated carbocycles. The fourth-order valence-corrected chi connectivity index (χ4v) is 4.50. The van der Waals surface area contributed by atoms with Crippen LogP contribution in [0, 0.1) is 6.92 Å². The molecule has 0 spiro atoms. The Hall–Kier alpha value is -0.780. The van der Waals surface area contributed by atoms with E-state index in [1.54, 1.807) is 11.4 Å². The van der Waals surface area contributed by atoms with Gasteiger partial charge in [0.15, 0.2) is 0 Å². The van der Waals surface area contributed by atoms with E-state index in [0.717, 1.165) is 24.8 Å². The highest BCUT2D eigenvalue weighted by Crippen LogP contribution is 2.26. The van der Waals surface area contributed by atoms with Crippen molar-refractivity contribution in [1.29, 1.82) is 0 Å². The second-order valence-corrected chi connectivity index (χ2v) is 7.45. The van der Waals surface area contributed by atoms with Crippen molar-refractivity contribution in [2.75, 3.05) is 23.8 Å². The number of benzene rings is 1. The zero-order valence-corrected chi connectivity index (χ0v) is 13.5. The van der Waals surface area contributed by atoms with Crippen LogP contribution in [0.5, 0.6) is 0 Å². The van der Waals surface area contributed by atoms with Gasteiger partial charge in [-0.25, -0.2) is 0 Å². The number of halogens is 1. The number of piperidine rings is 1. The number of anilines is 1. The molecular weight excluding hydrogens is 296 g/mol. The van der Waals surface area contributed by atoms with E-state index >= 15 is 0 Å². The molecule has 1 aliphatic rings. The molecule has 1 aliphatic heterocycles. The van der Waals surface area contributed by atoms with Gasteiger partial charge in [0.2, 0.25) is 0 Å². The molecule has 0 radical (unpaired) electrons. The fraction of sp³-hybridized carbons (Fsp3) is 0.571. The van der Waals surface area contributed by atoms with Crippen molar-refractivity contribution in [2.45, 2.75) is 32.2 Å². The second kappa shape index (κ2) is 6.33. The van der Waals surface area contributed by atoms with E-state index in [1.165, 1.54) is 4.31 Å². The Bertz CT molecular complexity index is 545. The van der Waals surface area contributed by atoms with E-state index in [2.05, 4.69) is 0 Å². The van der Waals surface area contributed by atoms with Crippen LogP contribution in [0.1, 0.15) is 24.8 Å². The first-order chi connectivity index (χ1) is 9.46. The Morgan fingerprint density at radius 3 is 2.55 bits per heavy atom. The van der Waals surface area contributed by atoms with E-state index in [4.69, 9.17) is 11.6 Å². The lowest BCUT2D eigenvalue weighted by atomic mass is 10.1. The maximum absolute atomic E-state index is 12.7. The minimum absolute atomic E-state index is 0.0942. The summed E-state index contributed by atoms with van der Waals surface area (Å²) in [5, 5.41) is 0. The number of rotatable bonds is 4. The third-order valence-corrected chi connectivity index (χ3v) is 6.12. The number of alkyl halides is 1. The average Bonchev–Trinajstić information content (AvgIpc) is 2.47. The molecule has 1 aromatic rings. The van der Waals surface area contributed by atoms with Crippen LogP contribution in [0.15, 0.2) is 24.3 Å². The standard InChI is InChI=1S/C14H21ClN2O2S/c1-12-6-8-13(9-7-12)16(2)20(18,19)17-10-4-3-5-14(17)11-15/h6-9,14H,3-5,10-11H2,1-2H3. The summed E-state index contributed by atoms with van der Waals surface area (Å²) in [7, 11) is -1.91. The molecule has 1 heterocycles. The molecule has 20 heavy (non-hydrogen) atoms. The van der Waals surface area contributed by atoms with Crippen LogP contribution < -0.4 is 4.31 Å². The number of aryl methyl sites for hydroxylation is 1. The molecule has 2 rings (SSSR count). The number of nitrogens with zero attached hydrogens (tertiary/aromatic N) is 2. The van der Waals surface area contributed by atoms with Crippen LogP contribution in [0.3, 0.4) is 0 Å². The molecule has 0 N–H and O–H groups in total. The smallest absolute Gasteiger partial charge is 0.261 e. The van der Waals surface area contributed by atoms with E-state index in [1.807, 2.05) is 31.2 Å². The van der Waals surface area contributed by atoms with Crippen LogP contribution >= 0.6 is 11.6 Å². The summed E-state index contributed by atoms with van der Waals surface area (Å²) in [4.78, 5) is 0. The predicted molar refractivity (Wildman–Crippen MR) is 83.6 cm³/mol. The van der Waals surface area contributed by atoms with Gasteiger partial charge in [-0.3, -0.25) is 4.31 Å². The second-order valence-electron chi connectivity index (χ2n) is 5.23. The number of hydrogen-bond acceptors (Lipinski definition) is 2. The Kier molecular flexibility index (Phi) is 4.94. The van der Waals surface area contributed by atoms with E-state index in [9.17, 15) is 8.42 Å². The zero-order valence-electron chi connectivity index (χ0n) is 11.9. The minimum Gasteiger partial charge on any atom is -0.261 e. The van der Waals surface area contributed by atoms with E-state index in [-0.39, 0.29) is 6.04 Å². The van der Waals surface area contributed by atoms with Gasteiger partial charge in [-0.15, -0.1) is 11.6 Å². The SMILES string of the molecule is Cc1ccc(N(C)S(=O)(=O)N2CCCCC2CCl)cc1. The minimum atomic E-state index is -3.51. The molecule has 0 aliphatic carbocycles. The van der Waals surface area contributed by atoms with Gasteiger partial charge in [-0.2, -0.15) is 12.7 Å². The Morgan fingerprint density at radius 2 is 1.95 bits per heavy atom.